The highest BCUT2D eigenvalue weighted by molar-refractivity contribution is 6.31. The van der Waals surface area contributed by atoms with Gasteiger partial charge in [-0.1, -0.05) is 18.0 Å². The van der Waals surface area contributed by atoms with Gasteiger partial charge >= 0.3 is 6.03 Å². The molecular formula is C21H35ClN4O+2. The van der Waals surface area contributed by atoms with Gasteiger partial charge in [0.1, 0.15) is 26.2 Å². The summed E-state index contributed by atoms with van der Waals surface area (Å²) in [6.07, 6.45) is 8.23. The molecule has 0 aromatic heterocycles. The maximum absolute atomic E-state index is 12.0. The van der Waals surface area contributed by atoms with E-state index >= 15 is 0 Å². The fraction of sp³-hybridized carbons (Fsp3) is 0.667. The van der Waals surface area contributed by atoms with Crippen LogP contribution in [0, 0.1) is 6.92 Å². The minimum atomic E-state index is -0.140. The Bertz CT molecular complexity index is 610. The molecule has 2 fully saturated rings. The third kappa shape index (κ3) is 6.37. The summed E-state index contributed by atoms with van der Waals surface area (Å²) in [5.41, 5.74) is 1.74. The number of hydrogen-bond donors (Lipinski definition) is 4. The molecule has 5 nitrogen and oxygen atoms in total. The predicted octanol–water partition coefficient (Wildman–Crippen LogP) is 1.28. The Balaban J connectivity index is 1.28. The summed E-state index contributed by atoms with van der Waals surface area (Å²) in [4.78, 5) is 15.6. The molecule has 0 atom stereocenters. The van der Waals surface area contributed by atoms with Crippen LogP contribution in [-0.4, -0.2) is 51.3 Å². The molecule has 150 valence electrons. The molecule has 3 rings (SSSR count). The van der Waals surface area contributed by atoms with Crippen LogP contribution in [0.15, 0.2) is 18.2 Å². The van der Waals surface area contributed by atoms with Gasteiger partial charge in [0.2, 0.25) is 0 Å². The van der Waals surface area contributed by atoms with Crippen LogP contribution in [0.25, 0.3) is 0 Å². The standard InChI is InChI=1S/C21H33ClN4O/c1-17-16-18(8-9-20(17)22)24-21(27)23-10-5-11-25-12-14-26(15-13-25)19-6-3-2-4-7-19/h8-9,16,19H,2-7,10-15H2,1H3,(H2,23,24,27)/p+2. The number of carbonyl (C=O) groups is 1. The number of anilines is 1. The van der Waals surface area contributed by atoms with Crippen LogP contribution in [0.3, 0.4) is 0 Å². The third-order valence-electron chi connectivity index (χ3n) is 6.19. The summed E-state index contributed by atoms with van der Waals surface area (Å²) in [7, 11) is 0. The highest BCUT2D eigenvalue weighted by Gasteiger charge is 2.29. The number of quaternary nitrogens is 2. The van der Waals surface area contributed by atoms with E-state index in [1.165, 1.54) is 58.3 Å². The SMILES string of the molecule is Cc1cc(NC(=O)NCCC[NH+]2CC[NH+](C3CCCCC3)CC2)ccc1Cl. The molecule has 1 aliphatic carbocycles. The Morgan fingerprint density at radius 3 is 2.59 bits per heavy atom. The number of aryl methyl sites for hydroxylation is 1. The molecular weight excluding hydrogens is 360 g/mol. The van der Waals surface area contributed by atoms with Gasteiger partial charge < -0.3 is 20.4 Å². The number of halogens is 1. The molecule has 0 spiro atoms. The summed E-state index contributed by atoms with van der Waals surface area (Å²) in [6.45, 7) is 9.02. The lowest BCUT2D eigenvalue weighted by atomic mass is 9.94. The monoisotopic (exact) mass is 394 g/mol. The molecule has 0 unspecified atom stereocenters. The van der Waals surface area contributed by atoms with Crippen LogP contribution in [0.4, 0.5) is 10.5 Å². The van der Waals surface area contributed by atoms with Crippen molar-refractivity contribution in [3.05, 3.63) is 28.8 Å². The predicted molar refractivity (Wildman–Crippen MR) is 111 cm³/mol. The van der Waals surface area contributed by atoms with Crippen LogP contribution >= 0.6 is 11.6 Å². The second-order valence-corrected chi connectivity index (χ2v) is 8.60. The van der Waals surface area contributed by atoms with E-state index in [4.69, 9.17) is 11.6 Å². The lowest BCUT2D eigenvalue weighted by Crippen LogP contribution is -3.29. The van der Waals surface area contributed by atoms with Gasteiger partial charge in [-0.25, -0.2) is 4.79 Å². The van der Waals surface area contributed by atoms with E-state index in [0.717, 1.165) is 36.8 Å². The molecule has 1 aromatic carbocycles. The molecule has 0 radical (unpaired) electrons. The number of hydrogen-bond acceptors (Lipinski definition) is 1. The molecule has 27 heavy (non-hydrogen) atoms. The topological polar surface area (TPSA) is 50.0 Å². The van der Waals surface area contributed by atoms with Gasteiger partial charge in [0.15, 0.2) is 0 Å². The fourth-order valence-corrected chi connectivity index (χ4v) is 4.65. The fourth-order valence-electron chi connectivity index (χ4n) is 4.53. The van der Waals surface area contributed by atoms with Crippen molar-refractivity contribution in [1.82, 2.24) is 5.32 Å². The molecule has 1 saturated carbocycles. The molecule has 1 aliphatic heterocycles. The summed E-state index contributed by atoms with van der Waals surface area (Å²) in [5, 5.41) is 6.55. The Morgan fingerprint density at radius 1 is 1.15 bits per heavy atom. The van der Waals surface area contributed by atoms with E-state index in [0.29, 0.717) is 5.02 Å². The minimum absolute atomic E-state index is 0.140. The van der Waals surface area contributed by atoms with Crippen molar-refractivity contribution in [2.75, 3.05) is 44.6 Å². The summed E-state index contributed by atoms with van der Waals surface area (Å²) < 4.78 is 0. The first-order valence-electron chi connectivity index (χ1n) is 10.6. The maximum Gasteiger partial charge on any atom is 0.319 e. The number of carbonyl (C=O) groups excluding carboxylic acids is 1. The summed E-state index contributed by atoms with van der Waals surface area (Å²) in [5.74, 6) is 0. The average molecular weight is 395 g/mol. The number of benzene rings is 1. The van der Waals surface area contributed by atoms with Crippen molar-refractivity contribution >= 4 is 23.3 Å². The first-order chi connectivity index (χ1) is 13.1. The molecule has 1 aromatic rings. The van der Waals surface area contributed by atoms with Crippen molar-refractivity contribution in [3.8, 4) is 0 Å². The maximum atomic E-state index is 12.0. The highest BCUT2D eigenvalue weighted by atomic mass is 35.5. The molecule has 2 aliphatic rings. The Labute approximate surface area is 168 Å². The Kier molecular flexibility index (Phi) is 7.80. The lowest BCUT2D eigenvalue weighted by Gasteiger charge is -2.36. The molecule has 1 heterocycles. The summed E-state index contributed by atoms with van der Waals surface area (Å²) in [6, 6.07) is 6.32. The van der Waals surface area contributed by atoms with Crippen molar-refractivity contribution in [2.45, 2.75) is 51.5 Å². The summed E-state index contributed by atoms with van der Waals surface area (Å²) >= 11 is 6.01. The number of nitrogens with one attached hydrogen (secondary N) is 4. The first kappa shape index (κ1) is 20.4. The van der Waals surface area contributed by atoms with Crippen LogP contribution in [0.2, 0.25) is 5.02 Å². The van der Waals surface area contributed by atoms with Crippen molar-refractivity contribution in [2.24, 2.45) is 0 Å². The molecule has 4 N–H and O–H groups in total. The van der Waals surface area contributed by atoms with Gasteiger partial charge in [0, 0.05) is 23.7 Å². The van der Waals surface area contributed by atoms with Gasteiger partial charge in [-0.3, -0.25) is 0 Å². The molecule has 2 amide bonds. The second kappa shape index (κ2) is 10.3. The van der Waals surface area contributed by atoms with Gasteiger partial charge in [-0.2, -0.15) is 0 Å². The lowest BCUT2D eigenvalue weighted by molar-refractivity contribution is -1.02. The minimum Gasteiger partial charge on any atom is -0.338 e. The Hall–Kier alpha value is -1.30. The quantitative estimate of drug-likeness (QED) is 0.540. The van der Waals surface area contributed by atoms with Crippen molar-refractivity contribution in [1.29, 1.82) is 0 Å². The number of amides is 2. The van der Waals surface area contributed by atoms with E-state index in [1.807, 2.05) is 30.0 Å². The van der Waals surface area contributed by atoms with Crippen LogP contribution < -0.4 is 20.4 Å². The number of urea groups is 1. The molecule has 6 heteroatoms. The second-order valence-electron chi connectivity index (χ2n) is 8.19. The van der Waals surface area contributed by atoms with Crippen LogP contribution in [-0.2, 0) is 0 Å². The largest absolute Gasteiger partial charge is 0.338 e. The highest BCUT2D eigenvalue weighted by Crippen LogP contribution is 2.19. The normalized spacial score (nSPS) is 23.8. The van der Waals surface area contributed by atoms with Gasteiger partial charge in [0.05, 0.1) is 12.6 Å². The molecule has 0 bridgehead atoms. The smallest absolute Gasteiger partial charge is 0.319 e. The first-order valence-corrected chi connectivity index (χ1v) is 11.0. The van der Waals surface area contributed by atoms with E-state index < -0.39 is 0 Å². The van der Waals surface area contributed by atoms with E-state index in [-0.39, 0.29) is 6.03 Å². The van der Waals surface area contributed by atoms with Crippen molar-refractivity contribution < 1.29 is 14.6 Å². The van der Waals surface area contributed by atoms with Crippen LogP contribution in [0.5, 0.6) is 0 Å². The van der Waals surface area contributed by atoms with Gasteiger partial charge in [-0.05, 0) is 56.4 Å². The van der Waals surface area contributed by atoms with Gasteiger partial charge in [0.25, 0.3) is 0 Å². The van der Waals surface area contributed by atoms with Crippen molar-refractivity contribution in [3.63, 3.8) is 0 Å². The Morgan fingerprint density at radius 2 is 1.89 bits per heavy atom. The average Bonchev–Trinajstić information content (AvgIpc) is 2.69. The van der Waals surface area contributed by atoms with E-state index in [2.05, 4.69) is 10.6 Å². The molecule has 1 saturated heterocycles. The zero-order valence-corrected chi connectivity index (χ0v) is 17.3. The van der Waals surface area contributed by atoms with Gasteiger partial charge in [-0.15, -0.1) is 0 Å². The number of piperazine rings is 1. The third-order valence-corrected chi connectivity index (χ3v) is 6.61. The van der Waals surface area contributed by atoms with E-state index in [9.17, 15) is 4.79 Å². The van der Waals surface area contributed by atoms with E-state index in [1.54, 1.807) is 4.90 Å². The van der Waals surface area contributed by atoms with Crippen LogP contribution in [0.1, 0.15) is 44.1 Å². The number of rotatable bonds is 6. The zero-order chi connectivity index (χ0) is 19.1. The zero-order valence-electron chi connectivity index (χ0n) is 16.6.